The summed E-state index contributed by atoms with van der Waals surface area (Å²) in [7, 11) is 3.25. The van der Waals surface area contributed by atoms with Crippen LogP contribution in [0.15, 0.2) is 30.3 Å². The summed E-state index contributed by atoms with van der Waals surface area (Å²) in [6.45, 7) is 0. The molecule has 1 rings (SSSR count). The number of hydrogen-bond donors (Lipinski definition) is 1. The van der Waals surface area contributed by atoms with Gasteiger partial charge in [-0.2, -0.15) is 0 Å². The van der Waals surface area contributed by atoms with E-state index in [0.717, 1.165) is 0 Å². The van der Waals surface area contributed by atoms with E-state index in [1.807, 2.05) is 6.07 Å². The van der Waals surface area contributed by atoms with Gasteiger partial charge in [0.15, 0.2) is 0 Å². The minimum Gasteiger partial charge on any atom is -0.508 e. The van der Waals surface area contributed by atoms with Gasteiger partial charge in [0.25, 0.3) is 0 Å². The summed E-state index contributed by atoms with van der Waals surface area (Å²) in [5.41, 5.74) is 0. The molecule has 0 saturated carbocycles. The molecule has 0 fully saturated rings. The molecule has 0 spiro atoms. The van der Waals surface area contributed by atoms with E-state index in [1.165, 1.54) is 0 Å². The van der Waals surface area contributed by atoms with Crippen molar-refractivity contribution in [3.8, 4) is 5.75 Å². The van der Waals surface area contributed by atoms with E-state index in [2.05, 4.69) is 4.74 Å². The number of hydrogen-bond acceptors (Lipinski definition) is 2. The highest BCUT2D eigenvalue weighted by Gasteiger charge is 1.74. The quantitative estimate of drug-likeness (QED) is 0.593. The van der Waals surface area contributed by atoms with Gasteiger partial charge >= 0.3 is 0 Å². The number of aromatic hydroxyl groups is 1. The molecule has 56 valence electrons. The lowest BCUT2D eigenvalue weighted by Gasteiger charge is -1.82. The van der Waals surface area contributed by atoms with Crippen LogP contribution in [-0.4, -0.2) is 19.3 Å². The Hall–Kier alpha value is -1.02. The van der Waals surface area contributed by atoms with Crippen molar-refractivity contribution in [3.63, 3.8) is 0 Å². The molecule has 0 heterocycles. The van der Waals surface area contributed by atoms with E-state index in [4.69, 9.17) is 5.11 Å². The van der Waals surface area contributed by atoms with Crippen LogP contribution < -0.4 is 0 Å². The molecule has 0 aliphatic heterocycles. The lowest BCUT2D eigenvalue weighted by molar-refractivity contribution is 0.277. The Morgan fingerprint density at radius 2 is 1.50 bits per heavy atom. The largest absolute Gasteiger partial charge is 0.508 e. The average molecular weight is 140 g/mol. The van der Waals surface area contributed by atoms with Crippen LogP contribution >= 0.6 is 0 Å². The summed E-state index contributed by atoms with van der Waals surface area (Å²) < 4.78 is 4.25. The first-order valence-electron chi connectivity index (χ1n) is 2.95. The van der Waals surface area contributed by atoms with Crippen LogP contribution in [0.5, 0.6) is 5.75 Å². The van der Waals surface area contributed by atoms with Crippen LogP contribution in [0.3, 0.4) is 0 Å². The standard InChI is InChI=1S/C6H6O.C2H6O/c7-6-4-2-1-3-5-6;1-3-2/h1-5,7H;1-2H3. The van der Waals surface area contributed by atoms with E-state index in [9.17, 15) is 0 Å². The number of para-hydroxylation sites is 1. The second-order valence-electron chi connectivity index (χ2n) is 1.74. The third kappa shape index (κ3) is 5.12. The van der Waals surface area contributed by atoms with Crippen LogP contribution in [-0.2, 0) is 4.74 Å². The topological polar surface area (TPSA) is 29.5 Å². The van der Waals surface area contributed by atoms with Crippen molar-refractivity contribution >= 4 is 0 Å². The molecule has 0 unspecified atom stereocenters. The summed E-state index contributed by atoms with van der Waals surface area (Å²) >= 11 is 0. The van der Waals surface area contributed by atoms with Crippen LogP contribution in [0.4, 0.5) is 0 Å². The summed E-state index contributed by atoms with van der Waals surface area (Å²) in [4.78, 5) is 0. The van der Waals surface area contributed by atoms with Gasteiger partial charge in [-0.25, -0.2) is 0 Å². The van der Waals surface area contributed by atoms with Crippen molar-refractivity contribution in [2.75, 3.05) is 14.2 Å². The van der Waals surface area contributed by atoms with E-state index < -0.39 is 0 Å². The zero-order valence-electron chi connectivity index (χ0n) is 6.24. The van der Waals surface area contributed by atoms with Gasteiger partial charge in [0.1, 0.15) is 5.75 Å². The molecule has 1 N–H and O–H groups in total. The Kier molecular flexibility index (Phi) is 5.48. The van der Waals surface area contributed by atoms with Gasteiger partial charge < -0.3 is 9.84 Å². The second-order valence-corrected chi connectivity index (χ2v) is 1.74. The molecular weight excluding hydrogens is 128 g/mol. The lowest BCUT2D eigenvalue weighted by Crippen LogP contribution is -1.56. The normalized spacial score (nSPS) is 7.80. The van der Waals surface area contributed by atoms with Crippen molar-refractivity contribution in [2.45, 2.75) is 0 Å². The molecular formula is C8H12O2. The zero-order chi connectivity index (χ0) is 7.82. The highest BCUT2D eigenvalue weighted by Crippen LogP contribution is 2.02. The fraction of sp³-hybridized carbons (Fsp3) is 0.250. The molecule has 0 amide bonds. The fourth-order valence-electron chi connectivity index (χ4n) is 0.428. The molecule has 2 heteroatoms. The highest BCUT2D eigenvalue weighted by atomic mass is 16.4. The molecule has 1 aromatic carbocycles. The lowest BCUT2D eigenvalue weighted by atomic mass is 10.3. The van der Waals surface area contributed by atoms with Crippen LogP contribution in [0.1, 0.15) is 0 Å². The summed E-state index contributed by atoms with van der Waals surface area (Å²) in [5, 5.41) is 8.63. The first kappa shape index (κ1) is 8.98. The van der Waals surface area contributed by atoms with Crippen molar-refractivity contribution in [2.24, 2.45) is 0 Å². The van der Waals surface area contributed by atoms with Crippen molar-refractivity contribution < 1.29 is 9.84 Å². The van der Waals surface area contributed by atoms with Gasteiger partial charge in [-0.05, 0) is 12.1 Å². The molecule has 0 radical (unpaired) electrons. The summed E-state index contributed by atoms with van der Waals surface area (Å²) in [6.07, 6.45) is 0. The molecule has 0 atom stereocenters. The number of phenolic OH excluding ortho intramolecular Hbond substituents is 1. The van der Waals surface area contributed by atoms with Gasteiger partial charge in [-0.3, -0.25) is 0 Å². The smallest absolute Gasteiger partial charge is 0.115 e. The van der Waals surface area contributed by atoms with E-state index in [-0.39, 0.29) is 0 Å². The molecule has 0 aromatic heterocycles. The van der Waals surface area contributed by atoms with Crippen molar-refractivity contribution in [3.05, 3.63) is 30.3 Å². The highest BCUT2D eigenvalue weighted by molar-refractivity contribution is 5.18. The van der Waals surface area contributed by atoms with Crippen molar-refractivity contribution in [1.82, 2.24) is 0 Å². The zero-order valence-corrected chi connectivity index (χ0v) is 6.24. The Morgan fingerprint density at radius 3 is 1.70 bits per heavy atom. The molecule has 0 saturated heterocycles. The Labute approximate surface area is 61.1 Å². The first-order chi connectivity index (χ1) is 4.81. The minimum atomic E-state index is 0.322. The van der Waals surface area contributed by atoms with Crippen LogP contribution in [0.25, 0.3) is 0 Å². The second kappa shape index (κ2) is 6.11. The van der Waals surface area contributed by atoms with E-state index in [1.54, 1.807) is 38.5 Å². The maximum absolute atomic E-state index is 8.63. The summed E-state index contributed by atoms with van der Waals surface area (Å²) in [5.74, 6) is 0.322. The van der Waals surface area contributed by atoms with E-state index in [0.29, 0.717) is 5.75 Å². The minimum absolute atomic E-state index is 0.322. The number of rotatable bonds is 0. The van der Waals surface area contributed by atoms with Gasteiger partial charge in [0, 0.05) is 14.2 Å². The van der Waals surface area contributed by atoms with Crippen molar-refractivity contribution in [1.29, 1.82) is 0 Å². The van der Waals surface area contributed by atoms with Gasteiger partial charge in [0.2, 0.25) is 0 Å². The maximum atomic E-state index is 8.63. The number of phenols is 1. The fourth-order valence-corrected chi connectivity index (χ4v) is 0.428. The van der Waals surface area contributed by atoms with Gasteiger partial charge in [-0.1, -0.05) is 18.2 Å². The SMILES string of the molecule is COC.Oc1ccccc1. The predicted octanol–water partition coefficient (Wildman–Crippen LogP) is 1.65. The van der Waals surface area contributed by atoms with Gasteiger partial charge in [0.05, 0.1) is 0 Å². The van der Waals surface area contributed by atoms with Gasteiger partial charge in [-0.15, -0.1) is 0 Å². The number of methoxy groups -OCH3 is 1. The maximum Gasteiger partial charge on any atom is 0.115 e. The Balaban J connectivity index is 0.000000236. The van der Waals surface area contributed by atoms with Crippen LogP contribution in [0, 0.1) is 0 Å². The first-order valence-corrected chi connectivity index (χ1v) is 2.95. The van der Waals surface area contributed by atoms with Crippen LogP contribution in [0.2, 0.25) is 0 Å². The molecule has 10 heavy (non-hydrogen) atoms. The average Bonchev–Trinajstić information content (AvgIpc) is 1.91. The molecule has 0 aliphatic carbocycles. The molecule has 0 aliphatic rings. The summed E-state index contributed by atoms with van der Waals surface area (Å²) in [6, 6.07) is 8.71. The molecule has 2 nitrogen and oxygen atoms in total. The third-order valence-electron chi connectivity index (χ3n) is 0.756. The monoisotopic (exact) mass is 140 g/mol. The third-order valence-corrected chi connectivity index (χ3v) is 0.756. The van der Waals surface area contributed by atoms with E-state index >= 15 is 0 Å². The molecule has 1 aromatic rings. The Bertz CT molecular complexity index is 149. The Morgan fingerprint density at radius 1 is 1.10 bits per heavy atom. The predicted molar refractivity (Wildman–Crippen MR) is 41.0 cm³/mol. The number of ether oxygens (including phenoxy) is 1. The number of benzene rings is 1. The molecule has 0 bridgehead atoms.